The van der Waals surface area contributed by atoms with Crippen LogP contribution in [0.5, 0.6) is 0 Å². The maximum Gasteiger partial charge on any atom is 0.316 e. The zero-order chi connectivity index (χ0) is 17.2. The summed E-state index contributed by atoms with van der Waals surface area (Å²) in [4.78, 5) is 3.39. The molecule has 0 amide bonds. The number of aryl methyl sites for hydroxylation is 2. The van der Waals surface area contributed by atoms with Crippen LogP contribution in [-0.2, 0) is 13.0 Å². The molecule has 2 aromatic carbocycles. The third-order valence-corrected chi connectivity index (χ3v) is 4.46. The van der Waals surface area contributed by atoms with Crippen LogP contribution in [0, 0.1) is 6.92 Å². The van der Waals surface area contributed by atoms with Crippen molar-refractivity contribution < 1.29 is 4.42 Å². The Balaban J connectivity index is 1.59. The first-order valence-corrected chi connectivity index (χ1v) is 8.47. The van der Waals surface area contributed by atoms with Gasteiger partial charge in [-0.15, -0.1) is 5.10 Å². The molecular formula is C20H20N4O. The van der Waals surface area contributed by atoms with Crippen LogP contribution in [0.15, 0.2) is 52.9 Å². The van der Waals surface area contributed by atoms with Gasteiger partial charge in [-0.1, -0.05) is 48.4 Å². The van der Waals surface area contributed by atoms with E-state index in [0.717, 1.165) is 28.8 Å². The number of aromatic amines is 1. The first-order valence-electron chi connectivity index (χ1n) is 8.47. The van der Waals surface area contributed by atoms with Crippen molar-refractivity contribution in [2.24, 2.45) is 0 Å². The number of nitrogens with one attached hydrogen (secondary N) is 2. The lowest BCUT2D eigenvalue weighted by atomic mass is 10.1. The minimum Gasteiger partial charge on any atom is -0.402 e. The lowest BCUT2D eigenvalue weighted by Gasteiger charge is -2.00. The highest BCUT2D eigenvalue weighted by Crippen LogP contribution is 2.30. The van der Waals surface area contributed by atoms with E-state index in [0.29, 0.717) is 18.5 Å². The van der Waals surface area contributed by atoms with Crippen LogP contribution in [0.1, 0.15) is 23.6 Å². The Labute approximate surface area is 146 Å². The van der Waals surface area contributed by atoms with Crippen LogP contribution >= 0.6 is 0 Å². The summed E-state index contributed by atoms with van der Waals surface area (Å²) in [6.45, 7) is 4.88. The van der Waals surface area contributed by atoms with Crippen LogP contribution in [0.3, 0.4) is 0 Å². The minimum atomic E-state index is 0.422. The number of hydrogen-bond acceptors (Lipinski definition) is 4. The molecule has 4 rings (SSSR count). The van der Waals surface area contributed by atoms with E-state index in [4.69, 9.17) is 4.42 Å². The van der Waals surface area contributed by atoms with E-state index in [1.165, 1.54) is 10.9 Å². The summed E-state index contributed by atoms with van der Waals surface area (Å²) in [5.74, 6) is 0.502. The summed E-state index contributed by atoms with van der Waals surface area (Å²) in [5, 5.41) is 12.7. The molecule has 25 heavy (non-hydrogen) atoms. The van der Waals surface area contributed by atoms with Crippen molar-refractivity contribution >= 4 is 16.9 Å². The second-order valence-electron chi connectivity index (χ2n) is 6.11. The summed E-state index contributed by atoms with van der Waals surface area (Å²) >= 11 is 0. The third-order valence-electron chi connectivity index (χ3n) is 4.46. The van der Waals surface area contributed by atoms with Gasteiger partial charge < -0.3 is 14.7 Å². The molecule has 0 spiro atoms. The molecule has 5 nitrogen and oxygen atoms in total. The second kappa shape index (κ2) is 6.43. The molecule has 0 atom stereocenters. The SMILES string of the molecule is CCc1ccc2[nH]c(-c3nnc(NCc4ccccc4)o3)c(C)c2c1. The minimum absolute atomic E-state index is 0.422. The maximum atomic E-state index is 5.79. The second-order valence-corrected chi connectivity index (χ2v) is 6.11. The molecule has 0 aliphatic heterocycles. The topological polar surface area (TPSA) is 66.7 Å². The third kappa shape index (κ3) is 3.01. The summed E-state index contributed by atoms with van der Waals surface area (Å²) in [6.07, 6.45) is 1.02. The van der Waals surface area contributed by atoms with Gasteiger partial charge in [-0.2, -0.15) is 0 Å². The predicted molar refractivity (Wildman–Crippen MR) is 99.5 cm³/mol. The fraction of sp³-hybridized carbons (Fsp3) is 0.200. The number of anilines is 1. The lowest BCUT2D eigenvalue weighted by molar-refractivity contribution is 0.578. The summed E-state index contributed by atoms with van der Waals surface area (Å²) in [6, 6.07) is 17.0. The Morgan fingerprint density at radius 1 is 1.04 bits per heavy atom. The summed E-state index contributed by atoms with van der Waals surface area (Å²) in [7, 11) is 0. The number of rotatable bonds is 5. The van der Waals surface area contributed by atoms with Gasteiger partial charge in [0.05, 0.1) is 0 Å². The molecule has 126 valence electrons. The van der Waals surface area contributed by atoms with E-state index >= 15 is 0 Å². The fourth-order valence-corrected chi connectivity index (χ4v) is 2.98. The van der Waals surface area contributed by atoms with Crippen molar-refractivity contribution in [1.29, 1.82) is 0 Å². The normalized spacial score (nSPS) is 11.1. The highest BCUT2D eigenvalue weighted by Gasteiger charge is 2.15. The van der Waals surface area contributed by atoms with Gasteiger partial charge in [0.25, 0.3) is 5.89 Å². The first kappa shape index (κ1) is 15.4. The number of hydrogen-bond donors (Lipinski definition) is 2. The number of fused-ring (bicyclic) bond motifs is 1. The molecule has 2 aromatic heterocycles. The molecule has 0 fully saturated rings. The average molecular weight is 332 g/mol. The maximum absolute atomic E-state index is 5.79. The molecule has 2 N–H and O–H groups in total. The first-order chi connectivity index (χ1) is 12.2. The Morgan fingerprint density at radius 3 is 2.68 bits per heavy atom. The van der Waals surface area contributed by atoms with Crippen molar-refractivity contribution in [1.82, 2.24) is 15.2 Å². The Hall–Kier alpha value is -3.08. The number of H-pyrrole nitrogens is 1. The van der Waals surface area contributed by atoms with E-state index in [2.05, 4.69) is 64.7 Å². The van der Waals surface area contributed by atoms with Gasteiger partial charge in [0, 0.05) is 17.4 Å². The molecule has 0 radical (unpaired) electrons. The van der Waals surface area contributed by atoms with Crippen molar-refractivity contribution in [3.63, 3.8) is 0 Å². The van der Waals surface area contributed by atoms with E-state index < -0.39 is 0 Å². The van der Waals surface area contributed by atoms with Crippen molar-refractivity contribution in [3.05, 3.63) is 65.2 Å². The summed E-state index contributed by atoms with van der Waals surface area (Å²) in [5.41, 5.74) is 5.57. The van der Waals surface area contributed by atoms with Gasteiger partial charge in [0.15, 0.2) is 0 Å². The van der Waals surface area contributed by atoms with Crippen molar-refractivity contribution in [3.8, 4) is 11.6 Å². The van der Waals surface area contributed by atoms with Crippen LogP contribution in [0.25, 0.3) is 22.5 Å². The molecule has 5 heteroatoms. The molecule has 0 saturated carbocycles. The highest BCUT2D eigenvalue weighted by molar-refractivity contribution is 5.89. The van der Waals surface area contributed by atoms with Gasteiger partial charge >= 0.3 is 6.01 Å². The predicted octanol–water partition coefficient (Wildman–Crippen LogP) is 4.70. The van der Waals surface area contributed by atoms with Gasteiger partial charge in [0.1, 0.15) is 5.69 Å². The Kier molecular flexibility index (Phi) is 3.98. The van der Waals surface area contributed by atoms with Gasteiger partial charge in [-0.3, -0.25) is 0 Å². The largest absolute Gasteiger partial charge is 0.402 e. The quantitative estimate of drug-likeness (QED) is 0.556. The zero-order valence-electron chi connectivity index (χ0n) is 14.3. The molecule has 0 unspecified atom stereocenters. The molecule has 0 bridgehead atoms. The summed E-state index contributed by atoms with van der Waals surface area (Å²) < 4.78 is 5.79. The van der Waals surface area contributed by atoms with Crippen LogP contribution < -0.4 is 5.32 Å². The molecular weight excluding hydrogens is 312 g/mol. The Bertz CT molecular complexity index is 1000. The number of nitrogens with zero attached hydrogens (tertiary/aromatic N) is 2. The van der Waals surface area contributed by atoms with Gasteiger partial charge in [0.2, 0.25) is 0 Å². The smallest absolute Gasteiger partial charge is 0.316 e. The van der Waals surface area contributed by atoms with Crippen LogP contribution in [-0.4, -0.2) is 15.2 Å². The van der Waals surface area contributed by atoms with Crippen molar-refractivity contribution in [2.45, 2.75) is 26.8 Å². The average Bonchev–Trinajstić information content (AvgIpc) is 3.25. The van der Waals surface area contributed by atoms with E-state index in [-0.39, 0.29) is 0 Å². The highest BCUT2D eigenvalue weighted by atomic mass is 16.4. The van der Waals surface area contributed by atoms with E-state index in [1.807, 2.05) is 18.2 Å². The van der Waals surface area contributed by atoms with Gasteiger partial charge in [-0.05, 0) is 42.2 Å². The van der Waals surface area contributed by atoms with Crippen LogP contribution in [0.4, 0.5) is 6.01 Å². The molecule has 0 saturated heterocycles. The zero-order valence-corrected chi connectivity index (χ0v) is 14.3. The van der Waals surface area contributed by atoms with Crippen molar-refractivity contribution in [2.75, 3.05) is 5.32 Å². The molecule has 2 heterocycles. The van der Waals surface area contributed by atoms with Crippen LogP contribution in [0.2, 0.25) is 0 Å². The molecule has 4 aromatic rings. The Morgan fingerprint density at radius 2 is 1.88 bits per heavy atom. The number of aromatic nitrogens is 3. The molecule has 0 aliphatic rings. The molecule has 0 aliphatic carbocycles. The van der Waals surface area contributed by atoms with E-state index in [1.54, 1.807) is 0 Å². The fourth-order valence-electron chi connectivity index (χ4n) is 2.98. The van der Waals surface area contributed by atoms with Gasteiger partial charge in [-0.25, -0.2) is 0 Å². The number of benzene rings is 2. The van der Waals surface area contributed by atoms with E-state index in [9.17, 15) is 0 Å². The monoisotopic (exact) mass is 332 g/mol. The lowest BCUT2D eigenvalue weighted by Crippen LogP contribution is -1.98. The standard InChI is InChI=1S/C20H20N4O/c1-3-14-9-10-17-16(11-14)13(2)18(22-17)19-23-24-20(25-19)21-12-15-7-5-4-6-8-15/h4-11,22H,3,12H2,1-2H3,(H,21,24).